The molecule has 0 aliphatic carbocycles. The molecule has 0 saturated carbocycles. The molecule has 0 saturated heterocycles. The third-order valence-electron chi connectivity index (χ3n) is 3.60. The number of methoxy groups -OCH3 is 2. The molecule has 0 unspecified atom stereocenters. The van der Waals surface area contributed by atoms with Crippen LogP contribution < -0.4 is 9.47 Å². The molecule has 1 aliphatic rings. The average molecular weight is 267 g/mol. The number of hydrogen-bond donors (Lipinski definition) is 1. The van der Waals surface area contributed by atoms with Gasteiger partial charge in [-0.05, 0) is 36.7 Å². The van der Waals surface area contributed by atoms with Crippen molar-refractivity contribution in [1.29, 1.82) is 0 Å². The normalized spacial score (nSPS) is 19.4. The Balaban J connectivity index is 2.42. The number of ether oxygens (including phenoxy) is 2. The first-order valence-electron chi connectivity index (χ1n) is 6.15. The molecular formula is C13H19N2O4-. The molecular weight excluding hydrogens is 248 g/mol. The standard InChI is InChI=1S/C13H19N2O4/c1-14-5-4-9-6-12(18-2)13(19-3)7-10(9)11(14)8-15(16)17/h6-7,11,16H,4-5,8H2,1-3H3/q-1/t11-/m0/s1. The maximum atomic E-state index is 10.9. The van der Waals surface area contributed by atoms with E-state index < -0.39 is 0 Å². The van der Waals surface area contributed by atoms with E-state index in [-0.39, 0.29) is 17.8 Å². The SMILES string of the molecule is COc1cc2c(cc1OC)[C@H](CN([O-])O)N(C)CC2. The van der Waals surface area contributed by atoms with Crippen molar-refractivity contribution in [1.82, 2.24) is 10.1 Å². The lowest BCUT2D eigenvalue weighted by Gasteiger charge is -2.38. The Kier molecular flexibility index (Phi) is 4.26. The highest BCUT2D eigenvalue weighted by molar-refractivity contribution is 5.49. The molecule has 1 aromatic rings. The molecule has 0 spiro atoms. The lowest BCUT2D eigenvalue weighted by atomic mass is 9.92. The van der Waals surface area contributed by atoms with Crippen LogP contribution in [0.1, 0.15) is 17.2 Å². The highest BCUT2D eigenvalue weighted by Gasteiger charge is 2.26. The summed E-state index contributed by atoms with van der Waals surface area (Å²) < 4.78 is 10.6. The van der Waals surface area contributed by atoms with Gasteiger partial charge in [-0.25, -0.2) is 0 Å². The van der Waals surface area contributed by atoms with E-state index in [1.165, 1.54) is 0 Å². The van der Waals surface area contributed by atoms with Gasteiger partial charge in [-0.3, -0.25) is 10.1 Å². The summed E-state index contributed by atoms with van der Waals surface area (Å²) in [6, 6.07) is 3.68. The third-order valence-corrected chi connectivity index (χ3v) is 3.60. The molecule has 1 aliphatic heterocycles. The van der Waals surface area contributed by atoms with Crippen LogP contribution in [-0.4, -0.2) is 49.7 Å². The predicted molar refractivity (Wildman–Crippen MR) is 70.5 cm³/mol. The topological polar surface area (TPSA) is 68.2 Å². The van der Waals surface area contributed by atoms with Crippen LogP contribution in [0.15, 0.2) is 12.1 Å². The van der Waals surface area contributed by atoms with Crippen LogP contribution in [0.2, 0.25) is 0 Å². The number of rotatable bonds is 4. The van der Waals surface area contributed by atoms with Gasteiger partial charge in [-0.2, -0.15) is 0 Å². The molecule has 1 aromatic carbocycles. The van der Waals surface area contributed by atoms with Gasteiger partial charge in [0, 0.05) is 19.1 Å². The molecule has 0 radical (unpaired) electrons. The molecule has 6 heteroatoms. The van der Waals surface area contributed by atoms with Crippen molar-refractivity contribution in [2.75, 3.05) is 34.4 Å². The second-order valence-corrected chi connectivity index (χ2v) is 4.69. The Morgan fingerprint density at radius 1 is 1.37 bits per heavy atom. The minimum atomic E-state index is -0.147. The van der Waals surface area contributed by atoms with Crippen molar-refractivity contribution in [2.24, 2.45) is 0 Å². The smallest absolute Gasteiger partial charge is 0.161 e. The Morgan fingerprint density at radius 2 is 2.00 bits per heavy atom. The highest BCUT2D eigenvalue weighted by Crippen LogP contribution is 2.37. The van der Waals surface area contributed by atoms with Crippen LogP contribution in [0.3, 0.4) is 0 Å². The maximum Gasteiger partial charge on any atom is 0.161 e. The van der Waals surface area contributed by atoms with Crippen molar-refractivity contribution >= 4 is 0 Å². The van der Waals surface area contributed by atoms with E-state index in [4.69, 9.17) is 14.7 Å². The minimum Gasteiger partial charge on any atom is -0.762 e. The molecule has 1 heterocycles. The molecule has 1 atom stereocenters. The lowest BCUT2D eigenvalue weighted by Crippen LogP contribution is -2.37. The van der Waals surface area contributed by atoms with Gasteiger partial charge in [0.1, 0.15) is 0 Å². The molecule has 106 valence electrons. The molecule has 0 aromatic heterocycles. The zero-order chi connectivity index (χ0) is 14.0. The van der Waals surface area contributed by atoms with Crippen LogP contribution in [-0.2, 0) is 6.42 Å². The summed E-state index contributed by atoms with van der Waals surface area (Å²) in [5.74, 6) is 1.32. The van der Waals surface area contributed by atoms with Crippen molar-refractivity contribution < 1.29 is 14.7 Å². The van der Waals surface area contributed by atoms with E-state index in [1.54, 1.807) is 14.2 Å². The van der Waals surface area contributed by atoms with Crippen LogP contribution in [0.25, 0.3) is 0 Å². The fourth-order valence-electron chi connectivity index (χ4n) is 2.54. The van der Waals surface area contributed by atoms with Gasteiger partial charge in [-0.15, -0.1) is 0 Å². The Bertz CT molecular complexity index is 451. The fourth-order valence-corrected chi connectivity index (χ4v) is 2.54. The Labute approximate surface area is 112 Å². The summed E-state index contributed by atoms with van der Waals surface area (Å²) in [7, 11) is 5.12. The maximum absolute atomic E-state index is 10.9. The first-order valence-corrected chi connectivity index (χ1v) is 6.15. The van der Waals surface area contributed by atoms with Crippen molar-refractivity contribution in [2.45, 2.75) is 12.5 Å². The van der Waals surface area contributed by atoms with Gasteiger partial charge in [0.25, 0.3) is 0 Å². The van der Waals surface area contributed by atoms with Crippen molar-refractivity contribution in [3.8, 4) is 11.5 Å². The molecule has 19 heavy (non-hydrogen) atoms. The third kappa shape index (κ3) is 2.82. The zero-order valence-corrected chi connectivity index (χ0v) is 11.4. The molecule has 2 rings (SSSR count). The molecule has 0 bridgehead atoms. The Morgan fingerprint density at radius 3 is 2.58 bits per heavy atom. The summed E-state index contributed by atoms with van der Waals surface area (Å²) in [5.41, 5.74) is 2.13. The van der Waals surface area contributed by atoms with Gasteiger partial charge in [0.2, 0.25) is 0 Å². The summed E-state index contributed by atoms with van der Waals surface area (Å²) in [5, 5.41) is 19.9. The first-order chi connectivity index (χ1) is 9.06. The van der Waals surface area contributed by atoms with E-state index in [1.807, 2.05) is 19.2 Å². The highest BCUT2D eigenvalue weighted by atomic mass is 16.8. The zero-order valence-electron chi connectivity index (χ0n) is 11.4. The number of nitrogens with zero attached hydrogens (tertiary/aromatic N) is 2. The number of fused-ring (bicyclic) bond motifs is 1. The number of benzene rings is 1. The van der Waals surface area contributed by atoms with Crippen LogP contribution in [0.5, 0.6) is 11.5 Å². The van der Waals surface area contributed by atoms with Crippen molar-refractivity contribution in [3.05, 3.63) is 28.5 Å². The van der Waals surface area contributed by atoms with E-state index in [0.717, 1.165) is 24.1 Å². The van der Waals surface area contributed by atoms with E-state index in [2.05, 4.69) is 4.90 Å². The van der Waals surface area contributed by atoms with E-state index in [9.17, 15) is 5.21 Å². The van der Waals surface area contributed by atoms with E-state index in [0.29, 0.717) is 11.5 Å². The predicted octanol–water partition coefficient (Wildman–Crippen LogP) is 1.42. The Hall–Kier alpha value is -1.34. The summed E-state index contributed by atoms with van der Waals surface area (Å²) in [6.07, 6.45) is 0.882. The first kappa shape index (κ1) is 14.1. The van der Waals surface area contributed by atoms with E-state index >= 15 is 0 Å². The van der Waals surface area contributed by atoms with Gasteiger partial charge in [0.15, 0.2) is 11.5 Å². The largest absolute Gasteiger partial charge is 0.762 e. The molecule has 6 nitrogen and oxygen atoms in total. The quantitative estimate of drug-likeness (QED) is 0.832. The molecule has 1 N–H and O–H groups in total. The van der Waals surface area contributed by atoms with Crippen LogP contribution >= 0.6 is 0 Å². The van der Waals surface area contributed by atoms with Crippen molar-refractivity contribution in [3.63, 3.8) is 0 Å². The summed E-state index contributed by atoms with van der Waals surface area (Å²) in [6.45, 7) is 0.847. The number of hydrogen-bond acceptors (Lipinski definition) is 6. The summed E-state index contributed by atoms with van der Waals surface area (Å²) >= 11 is 0. The average Bonchev–Trinajstić information content (AvgIpc) is 2.40. The number of likely N-dealkylation sites (N-methyl/N-ethyl adjacent to an activating group) is 1. The number of hydroxylamine groups is 2. The second-order valence-electron chi connectivity index (χ2n) is 4.69. The van der Waals surface area contributed by atoms with Crippen LogP contribution in [0.4, 0.5) is 0 Å². The van der Waals surface area contributed by atoms with Gasteiger partial charge in [-0.1, -0.05) is 0 Å². The lowest BCUT2D eigenvalue weighted by molar-refractivity contribution is -0.0593. The monoisotopic (exact) mass is 267 g/mol. The minimum absolute atomic E-state index is 0.0129. The van der Waals surface area contributed by atoms with Crippen LogP contribution in [0, 0.1) is 5.21 Å². The fraction of sp³-hybridized carbons (Fsp3) is 0.538. The van der Waals surface area contributed by atoms with Gasteiger partial charge >= 0.3 is 0 Å². The van der Waals surface area contributed by atoms with Gasteiger partial charge in [0.05, 0.1) is 14.2 Å². The van der Waals surface area contributed by atoms with Gasteiger partial charge < -0.3 is 19.9 Å². The molecule has 0 amide bonds. The second kappa shape index (κ2) is 5.75. The summed E-state index contributed by atoms with van der Waals surface area (Å²) in [4.78, 5) is 2.05. The molecule has 0 fully saturated rings.